The van der Waals surface area contributed by atoms with E-state index in [1.165, 1.54) is 12.8 Å². The van der Waals surface area contributed by atoms with Gasteiger partial charge in [0.15, 0.2) is 0 Å². The maximum atomic E-state index is 9.50. The van der Waals surface area contributed by atoms with Crippen LogP contribution in [-0.4, -0.2) is 27.9 Å². The second kappa shape index (κ2) is 5.88. The number of hydrogen-bond donors (Lipinski definition) is 1. The second-order valence-corrected chi connectivity index (χ2v) is 6.03. The highest BCUT2D eigenvalue weighted by Gasteiger charge is 2.26. The summed E-state index contributed by atoms with van der Waals surface area (Å²) in [7, 11) is 0. The van der Waals surface area contributed by atoms with Crippen LogP contribution in [0.5, 0.6) is 0 Å². The molecule has 0 amide bonds. The zero-order valence-electron chi connectivity index (χ0n) is 12.5. The minimum absolute atomic E-state index is 0.174. The quantitative estimate of drug-likeness (QED) is 0.941. The second-order valence-electron chi connectivity index (χ2n) is 6.03. The lowest BCUT2D eigenvalue weighted by Crippen LogP contribution is -2.48. The molecule has 2 aromatic rings. The van der Waals surface area contributed by atoms with Crippen LogP contribution in [0.25, 0.3) is 5.52 Å². The minimum atomic E-state index is 0.174. The molecule has 1 saturated heterocycles. The maximum absolute atomic E-state index is 9.50. The molecule has 2 N–H and O–H groups in total. The SMILES string of the molecule is CC(N)C1CCCCN1Cc1cn2ccccc2c1C#N. The Labute approximate surface area is 125 Å². The van der Waals surface area contributed by atoms with E-state index < -0.39 is 0 Å². The van der Waals surface area contributed by atoms with Crippen LogP contribution in [0.1, 0.15) is 37.3 Å². The third-order valence-corrected chi connectivity index (χ3v) is 4.52. The molecule has 4 nitrogen and oxygen atoms in total. The van der Waals surface area contributed by atoms with E-state index in [1.807, 2.05) is 28.8 Å². The van der Waals surface area contributed by atoms with Gasteiger partial charge in [-0.3, -0.25) is 4.90 Å². The number of rotatable bonds is 3. The van der Waals surface area contributed by atoms with Crippen LogP contribution in [0.4, 0.5) is 0 Å². The summed E-state index contributed by atoms with van der Waals surface area (Å²) in [4.78, 5) is 2.45. The zero-order valence-corrected chi connectivity index (χ0v) is 12.5. The summed E-state index contributed by atoms with van der Waals surface area (Å²) in [6, 6.07) is 8.94. The molecule has 0 bridgehead atoms. The number of pyridine rings is 1. The average Bonchev–Trinajstić information content (AvgIpc) is 2.84. The molecule has 110 valence electrons. The Balaban J connectivity index is 1.92. The van der Waals surface area contributed by atoms with Gasteiger partial charge in [-0.2, -0.15) is 5.26 Å². The van der Waals surface area contributed by atoms with Gasteiger partial charge < -0.3 is 10.1 Å². The summed E-state index contributed by atoms with van der Waals surface area (Å²) in [5, 5.41) is 9.50. The van der Waals surface area contributed by atoms with E-state index >= 15 is 0 Å². The number of fused-ring (bicyclic) bond motifs is 1. The molecule has 3 heterocycles. The van der Waals surface area contributed by atoms with Gasteiger partial charge in [0.05, 0.1) is 11.1 Å². The van der Waals surface area contributed by atoms with Gasteiger partial charge in [0, 0.05) is 36.6 Å². The van der Waals surface area contributed by atoms with Crippen molar-refractivity contribution >= 4 is 5.52 Å². The first kappa shape index (κ1) is 14.1. The lowest BCUT2D eigenvalue weighted by atomic mass is 9.96. The Bertz CT molecular complexity index is 665. The highest BCUT2D eigenvalue weighted by atomic mass is 15.2. The van der Waals surface area contributed by atoms with Crippen LogP contribution < -0.4 is 5.73 Å². The fourth-order valence-corrected chi connectivity index (χ4v) is 3.45. The van der Waals surface area contributed by atoms with Crippen molar-refractivity contribution in [2.75, 3.05) is 6.54 Å². The fourth-order valence-electron chi connectivity index (χ4n) is 3.45. The van der Waals surface area contributed by atoms with Gasteiger partial charge in [0.1, 0.15) is 6.07 Å². The van der Waals surface area contributed by atoms with Crippen LogP contribution in [0.15, 0.2) is 30.6 Å². The lowest BCUT2D eigenvalue weighted by molar-refractivity contribution is 0.123. The van der Waals surface area contributed by atoms with Crippen LogP contribution in [0.3, 0.4) is 0 Å². The van der Waals surface area contributed by atoms with Gasteiger partial charge in [-0.15, -0.1) is 0 Å². The van der Waals surface area contributed by atoms with Crippen molar-refractivity contribution < 1.29 is 0 Å². The number of nitrogens with two attached hydrogens (primary N) is 1. The monoisotopic (exact) mass is 282 g/mol. The first-order valence-electron chi connectivity index (χ1n) is 7.69. The third-order valence-electron chi connectivity index (χ3n) is 4.52. The molecule has 21 heavy (non-hydrogen) atoms. The number of nitriles is 1. The largest absolute Gasteiger partial charge is 0.327 e. The first-order chi connectivity index (χ1) is 10.2. The van der Waals surface area contributed by atoms with Crippen molar-refractivity contribution in [3.05, 3.63) is 41.7 Å². The molecule has 1 aliphatic heterocycles. The van der Waals surface area contributed by atoms with Crippen molar-refractivity contribution in [1.29, 1.82) is 5.26 Å². The average molecular weight is 282 g/mol. The maximum Gasteiger partial charge on any atom is 0.102 e. The van der Waals surface area contributed by atoms with Crippen molar-refractivity contribution in [1.82, 2.24) is 9.30 Å². The smallest absolute Gasteiger partial charge is 0.102 e. The molecule has 0 aliphatic carbocycles. The van der Waals surface area contributed by atoms with E-state index in [4.69, 9.17) is 5.73 Å². The molecule has 0 radical (unpaired) electrons. The number of likely N-dealkylation sites (tertiary alicyclic amines) is 1. The summed E-state index contributed by atoms with van der Waals surface area (Å²) in [5.41, 5.74) is 9.04. The van der Waals surface area contributed by atoms with Crippen LogP contribution in [-0.2, 0) is 6.54 Å². The van der Waals surface area contributed by atoms with Gasteiger partial charge in [-0.05, 0) is 38.4 Å². The minimum Gasteiger partial charge on any atom is -0.327 e. The number of nitrogens with zero attached hydrogens (tertiary/aromatic N) is 3. The van der Waals surface area contributed by atoms with E-state index in [1.54, 1.807) is 0 Å². The van der Waals surface area contributed by atoms with Gasteiger partial charge in [0.2, 0.25) is 0 Å². The van der Waals surface area contributed by atoms with Crippen molar-refractivity contribution in [3.63, 3.8) is 0 Å². The summed E-state index contributed by atoms with van der Waals surface area (Å²) in [5.74, 6) is 0. The van der Waals surface area contributed by atoms with Crippen LogP contribution in [0.2, 0.25) is 0 Å². The van der Waals surface area contributed by atoms with Gasteiger partial charge in [-0.25, -0.2) is 0 Å². The summed E-state index contributed by atoms with van der Waals surface area (Å²) in [6.45, 7) is 3.98. The summed E-state index contributed by atoms with van der Waals surface area (Å²) in [6.07, 6.45) is 7.72. The normalized spacial score (nSPS) is 21.3. The molecular weight excluding hydrogens is 260 g/mol. The van der Waals surface area contributed by atoms with E-state index in [-0.39, 0.29) is 6.04 Å². The van der Waals surface area contributed by atoms with Crippen molar-refractivity contribution in [3.8, 4) is 6.07 Å². The van der Waals surface area contributed by atoms with Crippen molar-refractivity contribution in [2.45, 2.75) is 44.8 Å². The molecule has 1 aliphatic rings. The van der Waals surface area contributed by atoms with E-state index in [0.29, 0.717) is 6.04 Å². The predicted octanol–water partition coefficient (Wildman–Crippen LogP) is 2.51. The Morgan fingerprint density at radius 1 is 1.43 bits per heavy atom. The number of piperidine rings is 1. The standard InChI is InChI=1S/C17H22N4/c1-13(19)16-6-2-4-8-20(16)11-14-12-21-9-5-3-7-17(21)15(14)10-18/h3,5,7,9,12-13,16H,2,4,6,8,11,19H2,1H3. The van der Waals surface area contributed by atoms with E-state index in [2.05, 4.69) is 24.1 Å². The molecule has 3 rings (SSSR count). The fraction of sp³-hybridized carbons (Fsp3) is 0.471. The lowest BCUT2D eigenvalue weighted by Gasteiger charge is -2.37. The van der Waals surface area contributed by atoms with Crippen LogP contribution in [0, 0.1) is 11.3 Å². The zero-order chi connectivity index (χ0) is 14.8. The van der Waals surface area contributed by atoms with Gasteiger partial charge in [0.25, 0.3) is 0 Å². The number of hydrogen-bond acceptors (Lipinski definition) is 3. The Kier molecular flexibility index (Phi) is 3.96. The Morgan fingerprint density at radius 2 is 2.29 bits per heavy atom. The summed E-state index contributed by atoms with van der Waals surface area (Å²) < 4.78 is 2.04. The molecular formula is C17H22N4. The van der Waals surface area contributed by atoms with E-state index in [0.717, 1.165) is 36.2 Å². The van der Waals surface area contributed by atoms with Crippen molar-refractivity contribution in [2.24, 2.45) is 5.73 Å². The highest BCUT2D eigenvalue weighted by Crippen LogP contribution is 2.25. The Morgan fingerprint density at radius 3 is 3.05 bits per heavy atom. The molecule has 2 atom stereocenters. The Hall–Kier alpha value is -1.83. The van der Waals surface area contributed by atoms with E-state index in [9.17, 15) is 5.26 Å². The topological polar surface area (TPSA) is 57.5 Å². The molecule has 0 saturated carbocycles. The third kappa shape index (κ3) is 2.67. The first-order valence-corrected chi connectivity index (χ1v) is 7.69. The molecule has 0 aromatic carbocycles. The molecule has 2 unspecified atom stereocenters. The summed E-state index contributed by atoms with van der Waals surface area (Å²) >= 11 is 0. The molecule has 0 spiro atoms. The number of aromatic nitrogens is 1. The molecule has 2 aromatic heterocycles. The van der Waals surface area contributed by atoms with Gasteiger partial charge >= 0.3 is 0 Å². The van der Waals surface area contributed by atoms with Crippen LogP contribution >= 0.6 is 0 Å². The molecule has 4 heteroatoms. The van der Waals surface area contributed by atoms with Gasteiger partial charge in [-0.1, -0.05) is 12.5 Å². The highest BCUT2D eigenvalue weighted by molar-refractivity contribution is 5.65. The molecule has 1 fully saturated rings. The predicted molar refractivity (Wildman–Crippen MR) is 83.8 cm³/mol.